The SMILES string of the molecule is Cc1ccc(/C=C/C(=O)NNC(=O)COc2ccccc2-c2ccccc2)c(C)c1. The normalized spacial score (nSPS) is 10.6. The zero-order chi connectivity index (χ0) is 21.3. The van der Waals surface area contributed by atoms with Gasteiger partial charge in [0.05, 0.1) is 0 Å². The molecular weight excluding hydrogens is 376 g/mol. The smallest absolute Gasteiger partial charge is 0.276 e. The fraction of sp³-hybridized carbons (Fsp3) is 0.120. The highest BCUT2D eigenvalue weighted by molar-refractivity contribution is 5.93. The maximum atomic E-state index is 12.1. The first-order valence-electron chi connectivity index (χ1n) is 9.64. The van der Waals surface area contributed by atoms with Crippen molar-refractivity contribution in [3.05, 3.63) is 95.6 Å². The standard InChI is InChI=1S/C25H24N2O3/c1-18-12-13-20(19(2)16-18)14-15-24(28)26-27-25(29)17-30-23-11-7-6-10-22(23)21-8-4-3-5-9-21/h3-16H,17H2,1-2H3,(H,26,28)(H,27,29)/b15-14+. The van der Waals surface area contributed by atoms with Gasteiger partial charge in [-0.05, 0) is 42.7 Å². The molecule has 0 aliphatic carbocycles. The van der Waals surface area contributed by atoms with Gasteiger partial charge in [-0.25, -0.2) is 0 Å². The molecular formula is C25H24N2O3. The quantitative estimate of drug-likeness (QED) is 0.481. The largest absolute Gasteiger partial charge is 0.483 e. The van der Waals surface area contributed by atoms with Gasteiger partial charge in [0.15, 0.2) is 6.61 Å². The zero-order valence-corrected chi connectivity index (χ0v) is 17.0. The second-order valence-corrected chi connectivity index (χ2v) is 6.88. The van der Waals surface area contributed by atoms with Crippen molar-refractivity contribution >= 4 is 17.9 Å². The molecule has 3 aromatic rings. The van der Waals surface area contributed by atoms with E-state index in [0.717, 1.165) is 27.8 Å². The highest BCUT2D eigenvalue weighted by Gasteiger charge is 2.08. The molecule has 152 valence electrons. The first kappa shape index (κ1) is 20.9. The average molecular weight is 400 g/mol. The molecule has 2 amide bonds. The van der Waals surface area contributed by atoms with E-state index in [-0.39, 0.29) is 6.61 Å². The minimum atomic E-state index is -0.453. The fourth-order valence-electron chi connectivity index (χ4n) is 2.98. The number of para-hydroxylation sites is 1. The predicted molar refractivity (Wildman–Crippen MR) is 119 cm³/mol. The summed E-state index contributed by atoms with van der Waals surface area (Å²) < 4.78 is 5.66. The van der Waals surface area contributed by atoms with E-state index < -0.39 is 11.8 Å². The summed E-state index contributed by atoms with van der Waals surface area (Å²) in [6.07, 6.45) is 3.09. The summed E-state index contributed by atoms with van der Waals surface area (Å²) >= 11 is 0. The van der Waals surface area contributed by atoms with Crippen molar-refractivity contribution in [1.29, 1.82) is 0 Å². The van der Waals surface area contributed by atoms with Crippen molar-refractivity contribution in [2.24, 2.45) is 0 Å². The van der Waals surface area contributed by atoms with Crippen LogP contribution >= 0.6 is 0 Å². The van der Waals surface area contributed by atoms with Gasteiger partial charge in [-0.15, -0.1) is 0 Å². The first-order valence-corrected chi connectivity index (χ1v) is 9.64. The summed E-state index contributed by atoms with van der Waals surface area (Å²) in [5.41, 5.74) is 9.80. The molecule has 0 saturated carbocycles. The molecule has 0 atom stereocenters. The van der Waals surface area contributed by atoms with Crippen LogP contribution in [0, 0.1) is 13.8 Å². The lowest BCUT2D eigenvalue weighted by atomic mass is 10.1. The molecule has 2 N–H and O–H groups in total. The number of amides is 2. The van der Waals surface area contributed by atoms with E-state index >= 15 is 0 Å². The molecule has 0 radical (unpaired) electrons. The first-order chi connectivity index (χ1) is 14.5. The van der Waals surface area contributed by atoms with Crippen LogP contribution in [0.4, 0.5) is 0 Å². The Morgan fingerprint density at radius 1 is 0.900 bits per heavy atom. The molecule has 0 aromatic heterocycles. The van der Waals surface area contributed by atoms with Crippen molar-refractivity contribution in [3.63, 3.8) is 0 Å². The number of carbonyl (C=O) groups excluding carboxylic acids is 2. The average Bonchev–Trinajstić information content (AvgIpc) is 2.76. The lowest BCUT2D eigenvalue weighted by molar-refractivity contribution is -0.128. The van der Waals surface area contributed by atoms with E-state index in [1.54, 1.807) is 12.1 Å². The molecule has 0 bridgehead atoms. The van der Waals surface area contributed by atoms with Gasteiger partial charge < -0.3 is 4.74 Å². The topological polar surface area (TPSA) is 67.4 Å². The highest BCUT2D eigenvalue weighted by atomic mass is 16.5. The maximum Gasteiger partial charge on any atom is 0.276 e. The van der Waals surface area contributed by atoms with Crippen LogP contribution in [0.2, 0.25) is 0 Å². The summed E-state index contributed by atoms with van der Waals surface area (Å²) in [4.78, 5) is 24.0. The Kier molecular flexibility index (Phi) is 7.00. The number of aryl methyl sites for hydroxylation is 2. The third-order valence-electron chi connectivity index (χ3n) is 4.50. The van der Waals surface area contributed by atoms with Crippen molar-refractivity contribution in [2.45, 2.75) is 13.8 Å². The Morgan fingerprint density at radius 2 is 1.63 bits per heavy atom. The Labute approximate surface area is 176 Å². The van der Waals surface area contributed by atoms with Crippen LogP contribution in [-0.4, -0.2) is 18.4 Å². The van der Waals surface area contributed by atoms with Gasteiger partial charge in [0, 0.05) is 11.6 Å². The number of rotatable bonds is 6. The second kappa shape index (κ2) is 10.1. The molecule has 0 spiro atoms. The van der Waals surface area contributed by atoms with E-state index in [2.05, 4.69) is 10.9 Å². The van der Waals surface area contributed by atoms with Gasteiger partial charge in [0.2, 0.25) is 0 Å². The summed E-state index contributed by atoms with van der Waals surface area (Å²) in [6.45, 7) is 3.78. The number of hydrazine groups is 1. The van der Waals surface area contributed by atoms with E-state index in [1.807, 2.05) is 80.6 Å². The number of hydrogen-bond donors (Lipinski definition) is 2. The molecule has 30 heavy (non-hydrogen) atoms. The van der Waals surface area contributed by atoms with E-state index in [4.69, 9.17) is 4.74 Å². The molecule has 0 saturated heterocycles. The third-order valence-corrected chi connectivity index (χ3v) is 4.50. The molecule has 3 aromatic carbocycles. The van der Waals surface area contributed by atoms with Gasteiger partial charge in [0.1, 0.15) is 5.75 Å². The zero-order valence-electron chi connectivity index (χ0n) is 17.0. The van der Waals surface area contributed by atoms with Gasteiger partial charge in [0.25, 0.3) is 11.8 Å². The lowest BCUT2D eigenvalue weighted by Gasteiger charge is -2.12. The summed E-state index contributed by atoms with van der Waals surface area (Å²) in [6, 6.07) is 23.3. The molecule has 0 heterocycles. The van der Waals surface area contributed by atoms with Gasteiger partial charge in [-0.1, -0.05) is 72.3 Å². The minimum Gasteiger partial charge on any atom is -0.483 e. The number of ether oxygens (including phenoxy) is 1. The molecule has 5 heteroatoms. The van der Waals surface area contributed by atoms with E-state index in [1.165, 1.54) is 6.08 Å². The van der Waals surface area contributed by atoms with Crippen molar-refractivity contribution in [3.8, 4) is 16.9 Å². The fourth-order valence-corrected chi connectivity index (χ4v) is 2.98. The van der Waals surface area contributed by atoms with E-state index in [9.17, 15) is 9.59 Å². The monoisotopic (exact) mass is 400 g/mol. The second-order valence-electron chi connectivity index (χ2n) is 6.88. The number of benzene rings is 3. The Hall–Kier alpha value is -3.86. The van der Waals surface area contributed by atoms with Crippen LogP contribution in [-0.2, 0) is 9.59 Å². The number of hydrogen-bond acceptors (Lipinski definition) is 3. The van der Waals surface area contributed by atoms with Crippen LogP contribution < -0.4 is 15.6 Å². The molecule has 0 aliphatic rings. The van der Waals surface area contributed by atoms with Crippen LogP contribution in [0.25, 0.3) is 17.2 Å². The van der Waals surface area contributed by atoms with Gasteiger partial charge in [-0.3, -0.25) is 20.4 Å². The Morgan fingerprint density at radius 3 is 2.40 bits per heavy atom. The van der Waals surface area contributed by atoms with Crippen molar-refractivity contribution in [2.75, 3.05) is 6.61 Å². The summed E-state index contributed by atoms with van der Waals surface area (Å²) in [5.74, 6) is -0.279. The molecule has 0 unspecified atom stereocenters. The Bertz CT molecular complexity index is 1060. The van der Waals surface area contributed by atoms with Crippen LogP contribution in [0.1, 0.15) is 16.7 Å². The molecule has 0 aliphatic heterocycles. The maximum absolute atomic E-state index is 12.1. The Balaban J connectivity index is 1.51. The predicted octanol–water partition coefficient (Wildman–Crippen LogP) is 4.21. The molecule has 5 nitrogen and oxygen atoms in total. The molecule has 0 fully saturated rings. The number of carbonyl (C=O) groups is 2. The summed E-state index contributed by atoms with van der Waals surface area (Å²) in [7, 11) is 0. The van der Waals surface area contributed by atoms with Crippen LogP contribution in [0.15, 0.2) is 78.9 Å². The third kappa shape index (κ3) is 5.82. The summed E-state index contributed by atoms with van der Waals surface area (Å²) in [5, 5.41) is 0. The van der Waals surface area contributed by atoms with Crippen molar-refractivity contribution in [1.82, 2.24) is 10.9 Å². The van der Waals surface area contributed by atoms with Crippen LogP contribution in [0.3, 0.4) is 0 Å². The number of nitrogens with one attached hydrogen (secondary N) is 2. The lowest BCUT2D eigenvalue weighted by Crippen LogP contribution is -2.43. The van der Waals surface area contributed by atoms with Gasteiger partial charge in [-0.2, -0.15) is 0 Å². The van der Waals surface area contributed by atoms with Crippen LogP contribution in [0.5, 0.6) is 5.75 Å². The van der Waals surface area contributed by atoms with Crippen molar-refractivity contribution < 1.29 is 14.3 Å². The highest BCUT2D eigenvalue weighted by Crippen LogP contribution is 2.29. The van der Waals surface area contributed by atoms with E-state index in [0.29, 0.717) is 5.75 Å². The van der Waals surface area contributed by atoms with Gasteiger partial charge >= 0.3 is 0 Å². The molecule has 3 rings (SSSR count). The minimum absolute atomic E-state index is 0.217.